The van der Waals surface area contributed by atoms with Crippen LogP contribution in [0.5, 0.6) is 17.2 Å². The van der Waals surface area contributed by atoms with E-state index in [-0.39, 0.29) is 12.2 Å². The van der Waals surface area contributed by atoms with Gasteiger partial charge in [-0.2, -0.15) is 0 Å². The number of aromatic nitrogens is 1. The Hall–Kier alpha value is -2.28. The molecule has 0 atom stereocenters. The van der Waals surface area contributed by atoms with Gasteiger partial charge in [-0.3, -0.25) is 0 Å². The fourth-order valence-corrected chi connectivity index (χ4v) is 2.43. The molecule has 0 amide bonds. The van der Waals surface area contributed by atoms with Crippen molar-refractivity contribution in [2.24, 2.45) is 0 Å². The predicted molar refractivity (Wildman–Crippen MR) is 77.7 cm³/mol. The van der Waals surface area contributed by atoms with Gasteiger partial charge in [-0.05, 0) is 19.1 Å². The highest BCUT2D eigenvalue weighted by Crippen LogP contribution is 2.39. The van der Waals surface area contributed by atoms with Gasteiger partial charge in [0.15, 0.2) is 11.5 Å². The highest BCUT2D eigenvalue weighted by atomic mass is 32.1. The first-order valence-corrected chi connectivity index (χ1v) is 6.96. The van der Waals surface area contributed by atoms with Crippen molar-refractivity contribution in [3.05, 3.63) is 33.8 Å². The van der Waals surface area contributed by atoms with E-state index in [0.717, 1.165) is 10.7 Å². The maximum absolute atomic E-state index is 11.1. The van der Waals surface area contributed by atoms with Crippen molar-refractivity contribution in [3.8, 4) is 17.2 Å². The van der Waals surface area contributed by atoms with Crippen LogP contribution in [-0.2, 0) is 6.61 Å². The minimum absolute atomic E-state index is 0.0705. The number of rotatable bonds is 6. The van der Waals surface area contributed by atoms with E-state index >= 15 is 0 Å². The molecular weight excluding hydrogens is 294 g/mol. The lowest BCUT2D eigenvalue weighted by molar-refractivity contribution is 0.0696. The van der Waals surface area contributed by atoms with Crippen molar-refractivity contribution in [2.45, 2.75) is 13.5 Å². The van der Waals surface area contributed by atoms with E-state index in [2.05, 4.69) is 4.98 Å². The zero-order valence-electron chi connectivity index (χ0n) is 11.9. The summed E-state index contributed by atoms with van der Waals surface area (Å²) in [5, 5.41) is 11.8. The number of nitrogens with zero attached hydrogens (tertiary/aromatic N) is 1. The molecule has 0 aliphatic rings. The number of carbonyl (C=O) groups is 1. The molecule has 0 spiro atoms. The average molecular weight is 309 g/mol. The monoisotopic (exact) mass is 309 g/mol. The molecular formula is C14H15NO5S. The topological polar surface area (TPSA) is 77.9 Å². The van der Waals surface area contributed by atoms with Gasteiger partial charge >= 0.3 is 5.97 Å². The number of carboxylic acid groups (broad SMARTS) is 1. The first-order valence-electron chi connectivity index (χ1n) is 6.08. The van der Waals surface area contributed by atoms with Crippen LogP contribution in [0, 0.1) is 6.92 Å². The Morgan fingerprint density at radius 2 is 1.90 bits per heavy atom. The lowest BCUT2D eigenvalue weighted by Gasteiger charge is -2.14. The Balaban J connectivity index is 2.30. The number of hydrogen-bond donors (Lipinski definition) is 1. The molecule has 0 saturated heterocycles. The van der Waals surface area contributed by atoms with Crippen molar-refractivity contribution >= 4 is 17.3 Å². The summed E-state index contributed by atoms with van der Waals surface area (Å²) in [6.45, 7) is 2.17. The summed E-state index contributed by atoms with van der Waals surface area (Å²) in [7, 11) is 2.89. The summed E-state index contributed by atoms with van der Waals surface area (Å²) in [5.41, 5.74) is 1.000. The van der Waals surface area contributed by atoms with Gasteiger partial charge in [-0.25, -0.2) is 9.78 Å². The van der Waals surface area contributed by atoms with Crippen LogP contribution in [0.1, 0.15) is 21.1 Å². The van der Waals surface area contributed by atoms with Gasteiger partial charge in [-0.15, -0.1) is 11.3 Å². The quantitative estimate of drug-likeness (QED) is 0.884. The molecule has 0 radical (unpaired) electrons. The van der Waals surface area contributed by atoms with E-state index in [1.807, 2.05) is 12.3 Å². The lowest BCUT2D eigenvalue weighted by Crippen LogP contribution is -2.03. The van der Waals surface area contributed by atoms with Crippen LogP contribution in [0.3, 0.4) is 0 Å². The fourth-order valence-electron chi connectivity index (χ4n) is 1.75. The smallest absolute Gasteiger partial charge is 0.335 e. The molecule has 0 fully saturated rings. The van der Waals surface area contributed by atoms with Crippen LogP contribution in [-0.4, -0.2) is 30.3 Å². The molecule has 0 bridgehead atoms. The summed E-state index contributed by atoms with van der Waals surface area (Å²) in [6, 6.07) is 2.79. The van der Waals surface area contributed by atoms with Crippen molar-refractivity contribution in [2.75, 3.05) is 14.2 Å². The molecule has 112 valence electrons. The van der Waals surface area contributed by atoms with E-state index in [4.69, 9.17) is 19.3 Å². The summed E-state index contributed by atoms with van der Waals surface area (Å²) >= 11 is 1.49. The number of hydrogen-bond acceptors (Lipinski definition) is 6. The summed E-state index contributed by atoms with van der Waals surface area (Å²) in [4.78, 5) is 15.4. The van der Waals surface area contributed by atoms with E-state index < -0.39 is 5.97 Å². The molecule has 0 unspecified atom stereocenters. The van der Waals surface area contributed by atoms with Crippen molar-refractivity contribution in [3.63, 3.8) is 0 Å². The minimum atomic E-state index is -1.06. The molecule has 1 heterocycles. The number of aromatic carboxylic acids is 1. The zero-order valence-corrected chi connectivity index (χ0v) is 12.7. The normalized spacial score (nSPS) is 10.2. The molecule has 2 aromatic rings. The Labute approximate surface area is 125 Å². The van der Waals surface area contributed by atoms with Crippen LogP contribution in [0.4, 0.5) is 0 Å². The standard InChI is InChI=1S/C14H15NO5S/c1-8-7-21-12(15-8)6-20-13-10(18-2)4-9(14(16)17)5-11(13)19-3/h4-5,7H,6H2,1-3H3,(H,16,17). The SMILES string of the molecule is COc1cc(C(=O)O)cc(OC)c1OCc1nc(C)cs1. The number of carboxylic acids is 1. The number of thiazole rings is 1. The maximum atomic E-state index is 11.1. The number of methoxy groups -OCH3 is 2. The van der Waals surface area contributed by atoms with Gasteiger partial charge in [0, 0.05) is 11.1 Å². The van der Waals surface area contributed by atoms with Gasteiger partial charge in [0.25, 0.3) is 0 Å². The van der Waals surface area contributed by atoms with E-state index in [0.29, 0.717) is 17.2 Å². The van der Waals surface area contributed by atoms with Crippen molar-refractivity contribution in [1.29, 1.82) is 0 Å². The Morgan fingerprint density at radius 1 is 1.29 bits per heavy atom. The zero-order chi connectivity index (χ0) is 15.4. The number of aryl methyl sites for hydroxylation is 1. The van der Waals surface area contributed by atoms with Crippen LogP contribution < -0.4 is 14.2 Å². The van der Waals surface area contributed by atoms with Gasteiger partial charge in [0.1, 0.15) is 11.6 Å². The minimum Gasteiger partial charge on any atom is -0.493 e. The molecule has 1 aromatic heterocycles. The molecule has 0 aliphatic heterocycles. The van der Waals surface area contributed by atoms with Crippen LogP contribution in [0.15, 0.2) is 17.5 Å². The number of benzene rings is 1. The third-order valence-corrected chi connectivity index (χ3v) is 3.65. The molecule has 0 saturated carbocycles. The molecule has 6 nitrogen and oxygen atoms in total. The molecule has 21 heavy (non-hydrogen) atoms. The first-order chi connectivity index (χ1) is 10.0. The van der Waals surface area contributed by atoms with Gasteiger partial charge in [0.05, 0.1) is 19.8 Å². The number of ether oxygens (including phenoxy) is 3. The molecule has 7 heteroatoms. The third kappa shape index (κ3) is 3.43. The Kier molecular flexibility index (Phi) is 4.64. The van der Waals surface area contributed by atoms with E-state index in [9.17, 15) is 4.79 Å². The van der Waals surface area contributed by atoms with E-state index in [1.165, 1.54) is 37.7 Å². The second-order valence-electron chi connectivity index (χ2n) is 4.19. The van der Waals surface area contributed by atoms with E-state index in [1.54, 1.807) is 0 Å². The van der Waals surface area contributed by atoms with Crippen molar-refractivity contribution < 1.29 is 24.1 Å². The van der Waals surface area contributed by atoms with Crippen LogP contribution >= 0.6 is 11.3 Å². The molecule has 0 aliphatic carbocycles. The largest absolute Gasteiger partial charge is 0.493 e. The Morgan fingerprint density at radius 3 is 2.33 bits per heavy atom. The molecule has 1 aromatic carbocycles. The third-order valence-electron chi connectivity index (χ3n) is 2.71. The summed E-state index contributed by atoms with van der Waals surface area (Å²) in [5.74, 6) is -0.0911. The van der Waals surface area contributed by atoms with Crippen LogP contribution in [0.2, 0.25) is 0 Å². The second-order valence-corrected chi connectivity index (χ2v) is 5.13. The van der Waals surface area contributed by atoms with Crippen LogP contribution in [0.25, 0.3) is 0 Å². The Bertz CT molecular complexity index is 628. The highest BCUT2D eigenvalue weighted by molar-refractivity contribution is 7.09. The molecule has 1 N–H and O–H groups in total. The predicted octanol–water partition coefficient (Wildman–Crippen LogP) is 2.75. The van der Waals surface area contributed by atoms with Gasteiger partial charge < -0.3 is 19.3 Å². The van der Waals surface area contributed by atoms with Crippen molar-refractivity contribution in [1.82, 2.24) is 4.98 Å². The van der Waals surface area contributed by atoms with Gasteiger partial charge in [-0.1, -0.05) is 0 Å². The highest BCUT2D eigenvalue weighted by Gasteiger charge is 2.17. The maximum Gasteiger partial charge on any atom is 0.335 e. The summed E-state index contributed by atoms with van der Waals surface area (Å²) in [6.07, 6.45) is 0. The summed E-state index contributed by atoms with van der Waals surface area (Å²) < 4.78 is 16.1. The second kappa shape index (κ2) is 6.45. The molecule has 2 rings (SSSR count). The first kappa shape index (κ1) is 15.1. The van der Waals surface area contributed by atoms with Gasteiger partial charge in [0.2, 0.25) is 5.75 Å². The average Bonchev–Trinajstić information content (AvgIpc) is 2.89. The lowest BCUT2D eigenvalue weighted by atomic mass is 10.2. The fraction of sp³-hybridized carbons (Fsp3) is 0.286.